The summed E-state index contributed by atoms with van der Waals surface area (Å²) in [7, 11) is 0. The maximum atomic E-state index is 13.7. The molecule has 4 aromatic rings. The Morgan fingerprint density at radius 3 is 2.68 bits per heavy atom. The number of nitrogens with one attached hydrogen (secondary N) is 1. The third-order valence-electron chi connectivity index (χ3n) is 5.35. The average molecular weight is 479 g/mol. The normalized spacial score (nSPS) is 13.6. The highest BCUT2D eigenvalue weighted by Gasteiger charge is 2.14. The molecule has 3 aromatic carbocycles. The Bertz CT molecular complexity index is 1360. The number of halogens is 2. The Hall–Kier alpha value is -3.75. The summed E-state index contributed by atoms with van der Waals surface area (Å²) < 4.78 is 25.1. The van der Waals surface area contributed by atoms with E-state index in [1.54, 1.807) is 30.5 Å². The molecule has 0 radical (unpaired) electrons. The molecule has 7 nitrogen and oxygen atoms in total. The number of hydrogen-bond acceptors (Lipinski definition) is 6. The maximum absolute atomic E-state index is 13.7. The van der Waals surface area contributed by atoms with E-state index in [2.05, 4.69) is 15.2 Å². The highest BCUT2D eigenvalue weighted by molar-refractivity contribution is 6.30. The van der Waals surface area contributed by atoms with Crippen LogP contribution in [-0.2, 0) is 4.74 Å². The van der Waals surface area contributed by atoms with Gasteiger partial charge in [0.25, 0.3) is 5.91 Å². The van der Waals surface area contributed by atoms with Crippen LogP contribution in [0.25, 0.3) is 11.0 Å². The lowest BCUT2D eigenvalue weighted by Crippen LogP contribution is -2.36. The standard InChI is InChI=1S/C25H20ClFN4O3/c26-20-6-4-16(12-21(20)27)25(32)29-17-2-1-3-18(13-17)34-19-5-7-22-23(14-19)30-24(15-28-22)31-8-10-33-11-9-31/h1-7,12-15H,8-11H2,(H,29,32). The van der Waals surface area contributed by atoms with Crippen LogP contribution in [-0.4, -0.2) is 42.2 Å². The quantitative estimate of drug-likeness (QED) is 0.419. The molecule has 0 atom stereocenters. The largest absolute Gasteiger partial charge is 0.457 e. The fourth-order valence-electron chi connectivity index (χ4n) is 3.60. The van der Waals surface area contributed by atoms with Crippen molar-refractivity contribution in [2.24, 2.45) is 0 Å². The topological polar surface area (TPSA) is 76.6 Å². The number of benzene rings is 3. The number of rotatable bonds is 5. The van der Waals surface area contributed by atoms with Crippen LogP contribution in [0.4, 0.5) is 15.9 Å². The monoisotopic (exact) mass is 478 g/mol. The third kappa shape index (κ3) is 4.93. The maximum Gasteiger partial charge on any atom is 0.255 e. The molecule has 1 amide bonds. The fraction of sp³-hybridized carbons (Fsp3) is 0.160. The smallest absolute Gasteiger partial charge is 0.255 e. The Morgan fingerprint density at radius 1 is 1.03 bits per heavy atom. The van der Waals surface area contributed by atoms with E-state index < -0.39 is 11.7 Å². The molecule has 172 valence electrons. The van der Waals surface area contributed by atoms with Gasteiger partial charge in [0, 0.05) is 36.5 Å². The number of nitrogens with zero attached hydrogens (tertiary/aromatic N) is 3. The minimum absolute atomic E-state index is 0.0379. The molecule has 1 aromatic heterocycles. The van der Waals surface area contributed by atoms with Gasteiger partial charge in [0.1, 0.15) is 23.1 Å². The Balaban J connectivity index is 1.32. The van der Waals surface area contributed by atoms with Gasteiger partial charge in [-0.1, -0.05) is 17.7 Å². The second kappa shape index (κ2) is 9.62. The fourth-order valence-corrected chi connectivity index (χ4v) is 3.72. The Kier molecular flexibility index (Phi) is 6.24. The number of fused-ring (bicyclic) bond motifs is 1. The number of ether oxygens (including phenoxy) is 2. The number of carbonyl (C=O) groups excluding carboxylic acids is 1. The van der Waals surface area contributed by atoms with Crippen LogP contribution in [0.1, 0.15) is 10.4 Å². The SMILES string of the molecule is O=C(Nc1cccc(Oc2ccc3ncc(N4CCOCC4)nc3c2)c1)c1ccc(Cl)c(F)c1. The van der Waals surface area contributed by atoms with Gasteiger partial charge in [-0.3, -0.25) is 9.78 Å². The van der Waals surface area contributed by atoms with Crippen molar-refractivity contribution in [2.45, 2.75) is 0 Å². The molecule has 1 aliphatic heterocycles. The minimum atomic E-state index is -0.650. The van der Waals surface area contributed by atoms with E-state index >= 15 is 0 Å². The van der Waals surface area contributed by atoms with Crippen molar-refractivity contribution in [3.8, 4) is 11.5 Å². The number of carbonyl (C=O) groups is 1. The molecule has 0 unspecified atom stereocenters. The molecule has 1 aliphatic rings. The summed E-state index contributed by atoms with van der Waals surface area (Å²) in [6.45, 7) is 2.89. The van der Waals surface area contributed by atoms with E-state index in [0.717, 1.165) is 36.0 Å². The Labute approximate surface area is 200 Å². The summed E-state index contributed by atoms with van der Waals surface area (Å²) in [5, 5.41) is 2.70. The molecule has 9 heteroatoms. The highest BCUT2D eigenvalue weighted by atomic mass is 35.5. The molecule has 2 heterocycles. The van der Waals surface area contributed by atoms with Gasteiger partial charge < -0.3 is 19.7 Å². The van der Waals surface area contributed by atoms with Crippen molar-refractivity contribution >= 4 is 40.0 Å². The summed E-state index contributed by atoms with van der Waals surface area (Å²) in [6.07, 6.45) is 1.77. The van der Waals surface area contributed by atoms with Gasteiger partial charge in [0.05, 0.1) is 35.5 Å². The zero-order valence-corrected chi connectivity index (χ0v) is 18.8. The van der Waals surface area contributed by atoms with Gasteiger partial charge in [-0.05, 0) is 42.5 Å². The van der Waals surface area contributed by atoms with Crippen LogP contribution < -0.4 is 15.0 Å². The van der Waals surface area contributed by atoms with Crippen LogP contribution in [0.5, 0.6) is 11.5 Å². The molecule has 0 saturated carbocycles. The van der Waals surface area contributed by atoms with Crippen molar-refractivity contribution in [2.75, 3.05) is 36.5 Å². The number of morpholine rings is 1. The number of anilines is 2. The molecule has 0 aliphatic carbocycles. The summed E-state index contributed by atoms with van der Waals surface area (Å²) in [4.78, 5) is 23.9. The molecule has 1 fully saturated rings. The van der Waals surface area contributed by atoms with E-state index in [4.69, 9.17) is 26.1 Å². The predicted molar refractivity (Wildman–Crippen MR) is 128 cm³/mol. The lowest BCUT2D eigenvalue weighted by molar-refractivity contribution is 0.102. The van der Waals surface area contributed by atoms with E-state index in [9.17, 15) is 9.18 Å². The second-order valence-corrected chi connectivity index (χ2v) is 8.10. The van der Waals surface area contributed by atoms with E-state index in [1.165, 1.54) is 12.1 Å². The lowest BCUT2D eigenvalue weighted by Gasteiger charge is -2.27. The molecule has 0 spiro atoms. The summed E-state index contributed by atoms with van der Waals surface area (Å²) in [5.41, 5.74) is 2.15. The molecule has 1 saturated heterocycles. The van der Waals surface area contributed by atoms with Crippen LogP contribution in [0.2, 0.25) is 5.02 Å². The molecular formula is C25H20ClFN4O3. The van der Waals surface area contributed by atoms with Crippen LogP contribution in [0.15, 0.2) is 66.9 Å². The zero-order chi connectivity index (χ0) is 23.5. The lowest BCUT2D eigenvalue weighted by atomic mass is 10.2. The first kappa shape index (κ1) is 22.1. The first-order valence-electron chi connectivity index (χ1n) is 10.7. The van der Waals surface area contributed by atoms with Crippen molar-refractivity contribution in [1.82, 2.24) is 9.97 Å². The second-order valence-electron chi connectivity index (χ2n) is 7.69. The van der Waals surface area contributed by atoms with Gasteiger partial charge in [-0.25, -0.2) is 9.37 Å². The van der Waals surface area contributed by atoms with Crippen LogP contribution in [0.3, 0.4) is 0 Å². The van der Waals surface area contributed by atoms with Gasteiger partial charge in [-0.15, -0.1) is 0 Å². The van der Waals surface area contributed by atoms with Crippen LogP contribution in [0, 0.1) is 5.82 Å². The van der Waals surface area contributed by atoms with E-state index in [-0.39, 0.29) is 10.6 Å². The molecular weight excluding hydrogens is 459 g/mol. The van der Waals surface area contributed by atoms with E-state index in [0.29, 0.717) is 30.4 Å². The number of aromatic nitrogens is 2. The summed E-state index contributed by atoms with van der Waals surface area (Å²) in [6, 6.07) is 16.3. The number of amides is 1. The summed E-state index contributed by atoms with van der Waals surface area (Å²) in [5.74, 6) is 0.809. The van der Waals surface area contributed by atoms with E-state index in [1.807, 2.05) is 18.2 Å². The van der Waals surface area contributed by atoms with Gasteiger partial charge in [0.15, 0.2) is 0 Å². The third-order valence-corrected chi connectivity index (χ3v) is 5.65. The molecule has 34 heavy (non-hydrogen) atoms. The van der Waals surface area contributed by atoms with Crippen molar-refractivity contribution in [3.05, 3.63) is 83.3 Å². The van der Waals surface area contributed by atoms with Crippen molar-refractivity contribution in [1.29, 1.82) is 0 Å². The van der Waals surface area contributed by atoms with Gasteiger partial charge >= 0.3 is 0 Å². The van der Waals surface area contributed by atoms with Crippen molar-refractivity contribution in [3.63, 3.8) is 0 Å². The first-order valence-corrected chi connectivity index (χ1v) is 11.1. The molecule has 5 rings (SSSR count). The summed E-state index contributed by atoms with van der Waals surface area (Å²) >= 11 is 5.69. The predicted octanol–water partition coefficient (Wildman–Crippen LogP) is 5.30. The zero-order valence-electron chi connectivity index (χ0n) is 18.0. The Morgan fingerprint density at radius 2 is 1.85 bits per heavy atom. The van der Waals surface area contributed by atoms with Gasteiger partial charge in [-0.2, -0.15) is 0 Å². The van der Waals surface area contributed by atoms with Crippen LogP contribution >= 0.6 is 11.6 Å². The average Bonchev–Trinajstić information content (AvgIpc) is 2.86. The minimum Gasteiger partial charge on any atom is -0.457 e. The van der Waals surface area contributed by atoms with Crippen molar-refractivity contribution < 1.29 is 18.7 Å². The molecule has 1 N–H and O–H groups in total. The highest BCUT2D eigenvalue weighted by Crippen LogP contribution is 2.27. The van der Waals surface area contributed by atoms with Gasteiger partial charge in [0.2, 0.25) is 0 Å². The first-order chi connectivity index (χ1) is 16.5. The molecule has 0 bridgehead atoms. The number of hydrogen-bond donors (Lipinski definition) is 1.